The number of halogens is 1. The average molecular weight is 308 g/mol. The van der Waals surface area contributed by atoms with Gasteiger partial charge in [-0.05, 0) is 5.92 Å². The lowest BCUT2D eigenvalue weighted by Gasteiger charge is -2.04. The smallest absolute Gasteiger partial charge is 0.0471 e. The van der Waals surface area contributed by atoms with E-state index in [-0.39, 0.29) is 18.6 Å². The summed E-state index contributed by atoms with van der Waals surface area (Å²) in [7, 11) is 0. The second-order valence-electron chi connectivity index (χ2n) is 6.43. The van der Waals surface area contributed by atoms with Crippen molar-refractivity contribution in [3.8, 4) is 0 Å². The second-order valence-corrected chi connectivity index (χ2v) is 6.43. The zero-order valence-electron chi connectivity index (χ0n) is 14.6. The van der Waals surface area contributed by atoms with Gasteiger partial charge in [0.2, 0.25) is 0 Å². The lowest BCUT2D eigenvalue weighted by molar-refractivity contribution is 0.503. The molecular formula is C18H42ClN. The molecule has 0 rings (SSSR count). The first-order chi connectivity index (χ1) is 8.77. The summed E-state index contributed by atoms with van der Waals surface area (Å²) < 4.78 is 0. The van der Waals surface area contributed by atoms with Crippen LogP contribution in [0.2, 0.25) is 0 Å². The predicted molar refractivity (Wildman–Crippen MR) is 97.4 cm³/mol. The molecule has 0 aromatic heterocycles. The highest BCUT2D eigenvalue weighted by molar-refractivity contribution is 5.85. The Kier molecular flexibility index (Phi) is 27.2. The maximum atomic E-state index is 2.33. The van der Waals surface area contributed by atoms with Crippen LogP contribution in [-0.2, 0) is 0 Å². The van der Waals surface area contributed by atoms with Crippen LogP contribution in [0.4, 0.5) is 0 Å². The molecule has 0 atom stereocenters. The number of rotatable bonds is 14. The molecule has 0 aliphatic rings. The molecule has 0 heterocycles. The fraction of sp³-hybridized carbons (Fsp3) is 1.00. The first kappa shape index (κ1) is 25.2. The van der Waals surface area contributed by atoms with Gasteiger partial charge in [0.05, 0.1) is 0 Å². The molecule has 1 nitrogen and oxygen atoms in total. The van der Waals surface area contributed by atoms with Gasteiger partial charge in [0, 0.05) is 0 Å². The Hall–Kier alpha value is 0.250. The molecule has 0 aliphatic carbocycles. The number of hydrogen-bond donors (Lipinski definition) is 1. The third-order valence-corrected chi connectivity index (χ3v) is 3.89. The van der Waals surface area contributed by atoms with Crippen LogP contribution in [0.1, 0.15) is 111 Å². The van der Waals surface area contributed by atoms with Crippen molar-refractivity contribution in [2.45, 2.75) is 111 Å². The molecule has 0 spiro atoms. The normalized spacial score (nSPS) is 10.2. The summed E-state index contributed by atoms with van der Waals surface area (Å²) in [6.45, 7) is 6.96. The molecule has 0 amide bonds. The monoisotopic (exact) mass is 307 g/mol. The number of hydrogen-bond acceptors (Lipinski definition) is 1. The van der Waals surface area contributed by atoms with Gasteiger partial charge in [0.15, 0.2) is 0 Å². The maximum Gasteiger partial charge on any atom is -0.0471 e. The lowest BCUT2D eigenvalue weighted by Crippen LogP contribution is -1.87. The standard InChI is InChI=1S/C18H38.ClH.H3N/c1-4-5-6-7-8-9-10-11-12-13-14-15-16-17-18(2)3;;/h18H,4-17H2,1-3H3;1H;1H3. The van der Waals surface area contributed by atoms with Crippen molar-refractivity contribution in [3.05, 3.63) is 0 Å². The molecule has 2 heteroatoms. The van der Waals surface area contributed by atoms with E-state index in [1.54, 1.807) is 0 Å². The van der Waals surface area contributed by atoms with E-state index >= 15 is 0 Å². The first-order valence-corrected chi connectivity index (χ1v) is 8.77. The molecule has 0 bridgehead atoms. The van der Waals surface area contributed by atoms with Gasteiger partial charge in [-0.1, -0.05) is 111 Å². The van der Waals surface area contributed by atoms with Gasteiger partial charge in [0.1, 0.15) is 0 Å². The minimum atomic E-state index is 0. The quantitative estimate of drug-likeness (QED) is 0.328. The highest BCUT2D eigenvalue weighted by atomic mass is 35.5. The summed E-state index contributed by atoms with van der Waals surface area (Å²) >= 11 is 0. The van der Waals surface area contributed by atoms with Crippen molar-refractivity contribution in [2.75, 3.05) is 0 Å². The molecule has 3 N–H and O–H groups in total. The third kappa shape index (κ3) is 23.4. The summed E-state index contributed by atoms with van der Waals surface area (Å²) in [5.74, 6) is 0.901. The van der Waals surface area contributed by atoms with E-state index in [1.807, 2.05) is 0 Å². The highest BCUT2D eigenvalue weighted by Gasteiger charge is 1.95. The Morgan fingerprint density at radius 2 is 0.850 bits per heavy atom. The largest absolute Gasteiger partial charge is 0.344 e. The second kappa shape index (κ2) is 21.5. The lowest BCUT2D eigenvalue weighted by atomic mass is 10.0. The van der Waals surface area contributed by atoms with E-state index in [2.05, 4.69) is 20.8 Å². The zero-order valence-corrected chi connectivity index (χ0v) is 15.4. The molecule has 20 heavy (non-hydrogen) atoms. The molecule has 0 saturated heterocycles. The van der Waals surface area contributed by atoms with Crippen LogP contribution in [-0.4, -0.2) is 0 Å². The SMILES string of the molecule is CCCCCCCCCCCCCCCC(C)C.Cl.N. The topological polar surface area (TPSA) is 35.0 Å². The Morgan fingerprint density at radius 3 is 1.15 bits per heavy atom. The molecule has 0 unspecified atom stereocenters. The van der Waals surface area contributed by atoms with Crippen LogP contribution in [0.3, 0.4) is 0 Å². The van der Waals surface area contributed by atoms with Crippen molar-refractivity contribution in [3.63, 3.8) is 0 Å². The van der Waals surface area contributed by atoms with Crippen LogP contribution in [0.15, 0.2) is 0 Å². The molecule has 0 radical (unpaired) electrons. The first-order valence-electron chi connectivity index (χ1n) is 8.77. The van der Waals surface area contributed by atoms with Crippen LogP contribution in [0.5, 0.6) is 0 Å². The van der Waals surface area contributed by atoms with Crippen molar-refractivity contribution >= 4 is 12.4 Å². The van der Waals surface area contributed by atoms with Crippen LogP contribution >= 0.6 is 12.4 Å². The summed E-state index contributed by atoms with van der Waals surface area (Å²) in [5, 5.41) is 0. The van der Waals surface area contributed by atoms with E-state index in [0.29, 0.717) is 0 Å². The highest BCUT2D eigenvalue weighted by Crippen LogP contribution is 2.14. The minimum absolute atomic E-state index is 0. The van der Waals surface area contributed by atoms with E-state index in [4.69, 9.17) is 0 Å². The molecule has 0 aromatic carbocycles. The van der Waals surface area contributed by atoms with E-state index in [1.165, 1.54) is 89.9 Å². The molecule has 0 saturated carbocycles. The summed E-state index contributed by atoms with van der Waals surface area (Å²) in [5.41, 5.74) is 0. The Balaban J connectivity index is -0.00000144. The minimum Gasteiger partial charge on any atom is -0.344 e. The van der Waals surface area contributed by atoms with E-state index in [9.17, 15) is 0 Å². The van der Waals surface area contributed by atoms with Crippen LogP contribution in [0.25, 0.3) is 0 Å². The zero-order chi connectivity index (χ0) is 13.5. The Morgan fingerprint density at radius 1 is 0.550 bits per heavy atom. The van der Waals surface area contributed by atoms with Gasteiger partial charge < -0.3 is 6.15 Å². The van der Waals surface area contributed by atoms with Gasteiger partial charge in [-0.15, -0.1) is 12.4 Å². The van der Waals surface area contributed by atoms with E-state index in [0.717, 1.165) is 5.92 Å². The predicted octanol–water partition coefficient (Wildman–Crippen LogP) is 7.71. The Labute approximate surface area is 135 Å². The average Bonchev–Trinajstić information content (AvgIpc) is 2.34. The van der Waals surface area contributed by atoms with Crippen molar-refractivity contribution < 1.29 is 0 Å². The molecule has 126 valence electrons. The number of unbranched alkanes of at least 4 members (excludes halogenated alkanes) is 12. The third-order valence-electron chi connectivity index (χ3n) is 3.89. The molecular weight excluding hydrogens is 266 g/mol. The van der Waals surface area contributed by atoms with Gasteiger partial charge in [-0.3, -0.25) is 0 Å². The van der Waals surface area contributed by atoms with E-state index < -0.39 is 0 Å². The van der Waals surface area contributed by atoms with Crippen LogP contribution in [0, 0.1) is 5.92 Å². The maximum absolute atomic E-state index is 2.33. The summed E-state index contributed by atoms with van der Waals surface area (Å²) in [6, 6.07) is 0. The summed E-state index contributed by atoms with van der Waals surface area (Å²) in [4.78, 5) is 0. The van der Waals surface area contributed by atoms with Crippen LogP contribution < -0.4 is 6.15 Å². The Bertz CT molecular complexity index is 148. The molecule has 0 aromatic rings. The fourth-order valence-electron chi connectivity index (χ4n) is 2.57. The fourth-order valence-corrected chi connectivity index (χ4v) is 2.57. The molecule has 0 fully saturated rings. The van der Waals surface area contributed by atoms with Gasteiger partial charge >= 0.3 is 0 Å². The van der Waals surface area contributed by atoms with Crippen molar-refractivity contribution in [1.82, 2.24) is 6.15 Å². The van der Waals surface area contributed by atoms with Gasteiger partial charge in [0.25, 0.3) is 0 Å². The van der Waals surface area contributed by atoms with Gasteiger partial charge in [-0.2, -0.15) is 0 Å². The molecule has 0 aliphatic heterocycles. The van der Waals surface area contributed by atoms with Crippen molar-refractivity contribution in [2.24, 2.45) is 5.92 Å². The summed E-state index contributed by atoms with van der Waals surface area (Å²) in [6.07, 6.45) is 20.5. The van der Waals surface area contributed by atoms with Crippen molar-refractivity contribution in [1.29, 1.82) is 0 Å². The van der Waals surface area contributed by atoms with Gasteiger partial charge in [-0.25, -0.2) is 0 Å².